The van der Waals surface area contributed by atoms with E-state index in [2.05, 4.69) is 55.3 Å². The van der Waals surface area contributed by atoms with E-state index in [4.69, 9.17) is 0 Å². The first-order chi connectivity index (χ1) is 8.63. The summed E-state index contributed by atoms with van der Waals surface area (Å²) >= 11 is 0. The minimum atomic E-state index is 0.670. The minimum absolute atomic E-state index is 0.670. The Morgan fingerprint density at radius 3 is 2.94 bits per heavy atom. The molecule has 1 atom stereocenters. The number of piperazine rings is 1. The highest BCUT2D eigenvalue weighted by Gasteiger charge is 2.19. The molecule has 0 amide bonds. The maximum atomic E-state index is 3.64. The number of nitrogens with one attached hydrogen (secondary N) is 1. The summed E-state index contributed by atoms with van der Waals surface area (Å²) in [6.45, 7) is 11.4. The fourth-order valence-electron chi connectivity index (χ4n) is 2.83. The van der Waals surface area contributed by atoms with Crippen LogP contribution >= 0.6 is 0 Å². The average molecular weight is 246 g/mol. The first-order valence-corrected chi connectivity index (χ1v) is 7.15. The largest absolute Gasteiger partial charge is 0.311 e. The Kier molecular flexibility index (Phi) is 4.79. The Morgan fingerprint density at radius 2 is 2.22 bits per heavy atom. The summed E-state index contributed by atoms with van der Waals surface area (Å²) in [5.74, 6) is 0.779. The third-order valence-electron chi connectivity index (χ3n) is 3.58. The van der Waals surface area contributed by atoms with E-state index < -0.39 is 0 Å². The number of benzene rings is 1. The van der Waals surface area contributed by atoms with Crippen LogP contribution in [-0.4, -0.2) is 30.6 Å². The van der Waals surface area contributed by atoms with Gasteiger partial charge in [0, 0.05) is 32.2 Å². The molecule has 1 heterocycles. The molecular formula is C16H26N2. The normalized spacial score (nSPS) is 21.4. The van der Waals surface area contributed by atoms with E-state index in [1.807, 2.05) is 0 Å². The van der Waals surface area contributed by atoms with Crippen LogP contribution in [0.2, 0.25) is 0 Å². The van der Waals surface area contributed by atoms with Crippen molar-refractivity contribution in [2.24, 2.45) is 5.92 Å². The van der Waals surface area contributed by atoms with Gasteiger partial charge in [-0.15, -0.1) is 0 Å². The topological polar surface area (TPSA) is 15.3 Å². The van der Waals surface area contributed by atoms with E-state index in [0.717, 1.165) is 19.0 Å². The van der Waals surface area contributed by atoms with Crippen LogP contribution in [0.3, 0.4) is 0 Å². The van der Waals surface area contributed by atoms with Gasteiger partial charge in [0.05, 0.1) is 0 Å². The van der Waals surface area contributed by atoms with Crippen LogP contribution in [0.5, 0.6) is 0 Å². The summed E-state index contributed by atoms with van der Waals surface area (Å²) in [5.41, 5.74) is 2.81. The Balaban J connectivity index is 1.89. The van der Waals surface area contributed by atoms with Gasteiger partial charge < -0.3 is 5.32 Å². The molecule has 2 rings (SSSR count). The zero-order valence-corrected chi connectivity index (χ0v) is 11.9. The Morgan fingerprint density at radius 1 is 1.39 bits per heavy atom. The monoisotopic (exact) mass is 246 g/mol. The lowest BCUT2D eigenvalue weighted by Crippen LogP contribution is -2.50. The summed E-state index contributed by atoms with van der Waals surface area (Å²) in [6, 6.07) is 9.55. The van der Waals surface area contributed by atoms with Gasteiger partial charge in [-0.3, -0.25) is 4.90 Å². The van der Waals surface area contributed by atoms with Gasteiger partial charge in [-0.2, -0.15) is 0 Å². The van der Waals surface area contributed by atoms with Gasteiger partial charge in [0.25, 0.3) is 0 Å². The molecule has 0 aliphatic carbocycles. The van der Waals surface area contributed by atoms with E-state index in [9.17, 15) is 0 Å². The second-order valence-corrected chi connectivity index (χ2v) is 6.00. The van der Waals surface area contributed by atoms with Crippen LogP contribution < -0.4 is 5.32 Å². The fraction of sp³-hybridized carbons (Fsp3) is 0.625. The van der Waals surface area contributed by atoms with Crippen molar-refractivity contribution in [3.05, 3.63) is 35.4 Å². The van der Waals surface area contributed by atoms with Crippen molar-refractivity contribution in [3.63, 3.8) is 0 Å². The molecular weight excluding hydrogens is 220 g/mol. The van der Waals surface area contributed by atoms with Crippen molar-refractivity contribution in [1.29, 1.82) is 0 Å². The van der Waals surface area contributed by atoms with Gasteiger partial charge in [-0.05, 0) is 24.8 Å². The third-order valence-corrected chi connectivity index (χ3v) is 3.58. The van der Waals surface area contributed by atoms with Crippen LogP contribution in [0.1, 0.15) is 31.4 Å². The molecule has 2 nitrogen and oxygen atoms in total. The van der Waals surface area contributed by atoms with Gasteiger partial charge >= 0.3 is 0 Å². The molecule has 0 radical (unpaired) electrons. The quantitative estimate of drug-likeness (QED) is 0.879. The van der Waals surface area contributed by atoms with Crippen molar-refractivity contribution in [2.45, 2.75) is 39.8 Å². The van der Waals surface area contributed by atoms with Crippen LogP contribution in [0, 0.1) is 12.8 Å². The van der Waals surface area contributed by atoms with Crippen molar-refractivity contribution >= 4 is 0 Å². The molecule has 0 spiro atoms. The molecule has 0 aromatic heterocycles. The van der Waals surface area contributed by atoms with Crippen LogP contribution in [0.25, 0.3) is 0 Å². The molecule has 2 heteroatoms. The molecule has 100 valence electrons. The Hall–Kier alpha value is -0.860. The summed E-state index contributed by atoms with van der Waals surface area (Å²) in [4.78, 5) is 2.58. The Labute approximate surface area is 111 Å². The minimum Gasteiger partial charge on any atom is -0.311 e. The molecule has 1 aromatic carbocycles. The highest BCUT2D eigenvalue weighted by molar-refractivity contribution is 5.22. The zero-order valence-electron chi connectivity index (χ0n) is 11.9. The second-order valence-electron chi connectivity index (χ2n) is 6.00. The molecule has 1 saturated heterocycles. The molecule has 1 aliphatic heterocycles. The third kappa shape index (κ3) is 4.11. The van der Waals surface area contributed by atoms with Crippen LogP contribution in [0.4, 0.5) is 0 Å². The molecule has 0 saturated carbocycles. The summed E-state index contributed by atoms with van der Waals surface area (Å²) in [5, 5.41) is 3.64. The molecule has 1 fully saturated rings. The lowest BCUT2D eigenvalue weighted by atomic mass is 10.0. The van der Waals surface area contributed by atoms with Crippen molar-refractivity contribution in [2.75, 3.05) is 19.6 Å². The Bertz CT molecular complexity index is 373. The van der Waals surface area contributed by atoms with Crippen molar-refractivity contribution in [3.8, 4) is 0 Å². The second kappa shape index (κ2) is 6.35. The first-order valence-electron chi connectivity index (χ1n) is 7.15. The van der Waals surface area contributed by atoms with Gasteiger partial charge in [0.15, 0.2) is 0 Å². The predicted molar refractivity (Wildman–Crippen MR) is 77.7 cm³/mol. The standard InChI is InChI=1S/C16H26N2/c1-13(2)9-16-12-18(8-7-17-16)11-15-6-4-5-14(3)10-15/h4-6,10,13,16-17H,7-9,11-12H2,1-3H3. The van der Waals surface area contributed by atoms with Gasteiger partial charge in [0.1, 0.15) is 0 Å². The van der Waals surface area contributed by atoms with Crippen LogP contribution in [-0.2, 0) is 6.54 Å². The van der Waals surface area contributed by atoms with Gasteiger partial charge in [-0.25, -0.2) is 0 Å². The number of hydrogen-bond acceptors (Lipinski definition) is 2. The van der Waals surface area contributed by atoms with E-state index >= 15 is 0 Å². The van der Waals surface area contributed by atoms with E-state index in [-0.39, 0.29) is 0 Å². The van der Waals surface area contributed by atoms with E-state index in [1.54, 1.807) is 0 Å². The predicted octanol–water partition coefficient (Wildman–Crippen LogP) is 2.81. The zero-order chi connectivity index (χ0) is 13.0. The number of rotatable bonds is 4. The number of nitrogens with zero attached hydrogens (tertiary/aromatic N) is 1. The summed E-state index contributed by atoms with van der Waals surface area (Å²) in [7, 11) is 0. The molecule has 0 bridgehead atoms. The molecule has 1 aromatic rings. The van der Waals surface area contributed by atoms with Crippen molar-refractivity contribution in [1.82, 2.24) is 10.2 Å². The highest BCUT2D eigenvalue weighted by atomic mass is 15.2. The fourth-order valence-corrected chi connectivity index (χ4v) is 2.83. The smallest absolute Gasteiger partial charge is 0.0235 e. The first kappa shape index (κ1) is 13.6. The summed E-state index contributed by atoms with van der Waals surface area (Å²) < 4.78 is 0. The number of aryl methyl sites for hydroxylation is 1. The van der Waals surface area contributed by atoms with Crippen molar-refractivity contribution < 1.29 is 0 Å². The average Bonchev–Trinajstić information content (AvgIpc) is 2.28. The van der Waals surface area contributed by atoms with Crippen LogP contribution in [0.15, 0.2) is 24.3 Å². The molecule has 1 aliphatic rings. The lowest BCUT2D eigenvalue weighted by Gasteiger charge is -2.34. The van der Waals surface area contributed by atoms with Gasteiger partial charge in [-0.1, -0.05) is 43.7 Å². The molecule has 1 unspecified atom stereocenters. The highest BCUT2D eigenvalue weighted by Crippen LogP contribution is 2.13. The number of hydrogen-bond donors (Lipinski definition) is 1. The van der Waals surface area contributed by atoms with E-state index in [1.165, 1.54) is 30.6 Å². The maximum absolute atomic E-state index is 3.64. The van der Waals surface area contributed by atoms with Gasteiger partial charge in [0.2, 0.25) is 0 Å². The SMILES string of the molecule is Cc1cccc(CN2CCNC(CC(C)C)C2)c1. The molecule has 18 heavy (non-hydrogen) atoms. The maximum Gasteiger partial charge on any atom is 0.0235 e. The molecule has 1 N–H and O–H groups in total. The van der Waals surface area contributed by atoms with E-state index in [0.29, 0.717) is 6.04 Å². The lowest BCUT2D eigenvalue weighted by molar-refractivity contribution is 0.179. The summed E-state index contributed by atoms with van der Waals surface area (Å²) in [6.07, 6.45) is 1.28.